The van der Waals surface area contributed by atoms with Crippen molar-refractivity contribution < 1.29 is 4.79 Å². The van der Waals surface area contributed by atoms with Crippen LogP contribution in [0.1, 0.15) is 61.0 Å². The van der Waals surface area contributed by atoms with Crippen molar-refractivity contribution in [2.24, 2.45) is 0 Å². The van der Waals surface area contributed by atoms with Crippen LogP contribution in [0.15, 0.2) is 29.4 Å². The highest BCUT2D eigenvalue weighted by molar-refractivity contribution is 7.99. The first kappa shape index (κ1) is 22.5. The second-order valence-corrected chi connectivity index (χ2v) is 9.60. The van der Waals surface area contributed by atoms with Crippen LogP contribution in [0.4, 0.5) is 0 Å². The largest absolute Gasteiger partial charge is 0.337 e. The number of benzene rings is 1. The van der Waals surface area contributed by atoms with E-state index < -0.39 is 0 Å². The molecule has 0 spiro atoms. The molecule has 0 atom stereocenters. The van der Waals surface area contributed by atoms with E-state index in [2.05, 4.69) is 94.4 Å². The SMILES string of the molecule is CCn1c(SCC(=O)N(C(C)C)C(C)C)nnc1-c1ccc(C(C)(C)C)cc1. The van der Waals surface area contributed by atoms with Gasteiger partial charge in [-0.2, -0.15) is 0 Å². The molecular formula is C22H34N4OS. The average molecular weight is 403 g/mol. The Kier molecular flexibility index (Phi) is 7.32. The zero-order chi connectivity index (χ0) is 21.1. The fourth-order valence-electron chi connectivity index (χ4n) is 3.39. The Morgan fingerprint density at radius 1 is 1.07 bits per heavy atom. The second kappa shape index (κ2) is 9.12. The van der Waals surface area contributed by atoms with Crippen molar-refractivity contribution in [2.75, 3.05) is 5.75 Å². The fraction of sp³-hybridized carbons (Fsp3) is 0.591. The summed E-state index contributed by atoms with van der Waals surface area (Å²) in [5.74, 6) is 1.36. The standard InChI is InChI=1S/C22H34N4OS/c1-9-25-20(17-10-12-18(13-11-17)22(6,7)8)23-24-21(25)28-14-19(27)26(15(2)3)16(4)5/h10-13,15-16H,9,14H2,1-8H3. The number of carbonyl (C=O) groups is 1. The average Bonchev–Trinajstić information content (AvgIpc) is 3.01. The quantitative estimate of drug-likeness (QED) is 0.612. The second-order valence-electron chi connectivity index (χ2n) is 8.65. The Hall–Kier alpha value is -1.82. The van der Waals surface area contributed by atoms with E-state index in [1.54, 1.807) is 0 Å². The molecule has 154 valence electrons. The third kappa shape index (κ3) is 5.16. The molecule has 0 radical (unpaired) electrons. The number of hydrogen-bond donors (Lipinski definition) is 0. The minimum Gasteiger partial charge on any atom is -0.337 e. The van der Waals surface area contributed by atoms with Gasteiger partial charge in [-0.05, 0) is 45.6 Å². The van der Waals surface area contributed by atoms with Gasteiger partial charge in [0, 0.05) is 24.2 Å². The van der Waals surface area contributed by atoms with Crippen molar-refractivity contribution in [3.05, 3.63) is 29.8 Å². The molecule has 2 aromatic rings. The van der Waals surface area contributed by atoms with Gasteiger partial charge in [-0.3, -0.25) is 4.79 Å². The first-order valence-electron chi connectivity index (χ1n) is 10.0. The molecule has 0 bridgehead atoms. The van der Waals surface area contributed by atoms with Crippen LogP contribution in [-0.2, 0) is 16.8 Å². The van der Waals surface area contributed by atoms with E-state index >= 15 is 0 Å². The maximum atomic E-state index is 12.7. The summed E-state index contributed by atoms with van der Waals surface area (Å²) >= 11 is 1.46. The molecule has 5 nitrogen and oxygen atoms in total. The van der Waals surface area contributed by atoms with Crippen molar-refractivity contribution in [2.45, 2.75) is 84.6 Å². The Balaban J connectivity index is 2.19. The molecule has 0 saturated carbocycles. The van der Waals surface area contributed by atoms with Crippen molar-refractivity contribution in [3.8, 4) is 11.4 Å². The van der Waals surface area contributed by atoms with Crippen LogP contribution < -0.4 is 0 Å². The van der Waals surface area contributed by atoms with Crippen LogP contribution in [-0.4, -0.2) is 43.4 Å². The Bertz CT molecular complexity index is 780. The molecule has 6 heteroatoms. The van der Waals surface area contributed by atoms with Gasteiger partial charge in [0.1, 0.15) is 0 Å². The summed E-state index contributed by atoms with van der Waals surface area (Å²) in [5, 5.41) is 9.56. The highest BCUT2D eigenvalue weighted by Crippen LogP contribution is 2.28. The molecule has 2 rings (SSSR count). The van der Waals surface area contributed by atoms with Gasteiger partial charge in [-0.1, -0.05) is 56.8 Å². The molecule has 0 aliphatic rings. The maximum absolute atomic E-state index is 12.7. The number of nitrogens with zero attached hydrogens (tertiary/aromatic N) is 4. The minimum atomic E-state index is 0.122. The molecule has 0 saturated heterocycles. The van der Waals surface area contributed by atoms with E-state index in [1.807, 2.05) is 4.90 Å². The predicted molar refractivity (Wildman–Crippen MR) is 118 cm³/mol. The number of rotatable bonds is 7. The van der Waals surface area contributed by atoms with Gasteiger partial charge in [-0.25, -0.2) is 0 Å². The highest BCUT2D eigenvalue weighted by Gasteiger charge is 2.22. The van der Waals surface area contributed by atoms with Crippen molar-refractivity contribution >= 4 is 17.7 Å². The van der Waals surface area contributed by atoms with Crippen LogP contribution >= 0.6 is 11.8 Å². The Morgan fingerprint density at radius 3 is 2.11 bits per heavy atom. The molecule has 0 N–H and O–H groups in total. The summed E-state index contributed by atoms with van der Waals surface area (Å²) < 4.78 is 2.08. The zero-order valence-corrected chi connectivity index (χ0v) is 19.3. The topological polar surface area (TPSA) is 51.0 Å². The molecule has 1 heterocycles. The van der Waals surface area contributed by atoms with Crippen molar-refractivity contribution in [1.82, 2.24) is 19.7 Å². The van der Waals surface area contributed by atoms with Gasteiger partial charge in [-0.15, -0.1) is 10.2 Å². The van der Waals surface area contributed by atoms with E-state index in [-0.39, 0.29) is 23.4 Å². The lowest BCUT2D eigenvalue weighted by molar-refractivity contribution is -0.131. The highest BCUT2D eigenvalue weighted by atomic mass is 32.2. The molecule has 0 fully saturated rings. The van der Waals surface area contributed by atoms with Gasteiger partial charge < -0.3 is 9.47 Å². The maximum Gasteiger partial charge on any atom is 0.233 e. The Morgan fingerprint density at radius 2 is 1.64 bits per heavy atom. The van der Waals surface area contributed by atoms with E-state index in [0.29, 0.717) is 5.75 Å². The van der Waals surface area contributed by atoms with Crippen molar-refractivity contribution in [1.29, 1.82) is 0 Å². The summed E-state index contributed by atoms with van der Waals surface area (Å²) in [6, 6.07) is 8.90. The van der Waals surface area contributed by atoms with Gasteiger partial charge in [0.05, 0.1) is 5.75 Å². The zero-order valence-electron chi connectivity index (χ0n) is 18.5. The molecule has 0 aliphatic carbocycles. The normalized spacial score (nSPS) is 12.1. The summed E-state index contributed by atoms with van der Waals surface area (Å²) in [5.41, 5.74) is 2.46. The van der Waals surface area contributed by atoms with Crippen LogP contribution in [0, 0.1) is 0 Å². The first-order valence-corrected chi connectivity index (χ1v) is 11.0. The van der Waals surface area contributed by atoms with Crippen LogP contribution in [0.5, 0.6) is 0 Å². The number of amides is 1. The van der Waals surface area contributed by atoms with E-state index in [0.717, 1.165) is 23.1 Å². The third-order valence-electron chi connectivity index (χ3n) is 4.77. The van der Waals surface area contributed by atoms with E-state index in [4.69, 9.17) is 0 Å². The lowest BCUT2D eigenvalue weighted by Crippen LogP contribution is -2.43. The van der Waals surface area contributed by atoms with Gasteiger partial charge in [0.2, 0.25) is 5.91 Å². The summed E-state index contributed by atoms with van der Waals surface area (Å²) in [6.45, 7) is 17.7. The lowest BCUT2D eigenvalue weighted by atomic mass is 9.87. The third-order valence-corrected chi connectivity index (χ3v) is 5.72. The van der Waals surface area contributed by atoms with Gasteiger partial charge in [0.15, 0.2) is 11.0 Å². The van der Waals surface area contributed by atoms with Gasteiger partial charge >= 0.3 is 0 Å². The molecule has 0 unspecified atom stereocenters. The fourth-order valence-corrected chi connectivity index (χ4v) is 4.26. The molecule has 1 amide bonds. The predicted octanol–water partition coefficient (Wildman–Crippen LogP) is 5.00. The summed E-state index contributed by atoms with van der Waals surface area (Å²) in [4.78, 5) is 14.6. The van der Waals surface area contributed by atoms with Crippen LogP contribution in [0.3, 0.4) is 0 Å². The molecular weight excluding hydrogens is 368 g/mol. The first-order chi connectivity index (χ1) is 13.1. The monoisotopic (exact) mass is 402 g/mol. The summed E-state index contributed by atoms with van der Waals surface area (Å²) in [7, 11) is 0. The minimum absolute atomic E-state index is 0.122. The number of carbonyl (C=O) groups excluding carboxylic acids is 1. The molecule has 0 aliphatic heterocycles. The van der Waals surface area contributed by atoms with Crippen molar-refractivity contribution in [3.63, 3.8) is 0 Å². The van der Waals surface area contributed by atoms with E-state index in [9.17, 15) is 4.79 Å². The number of hydrogen-bond acceptors (Lipinski definition) is 4. The summed E-state index contributed by atoms with van der Waals surface area (Å²) in [6.07, 6.45) is 0. The molecule has 1 aromatic heterocycles. The smallest absolute Gasteiger partial charge is 0.233 e. The molecule has 28 heavy (non-hydrogen) atoms. The Labute approximate surface area is 173 Å². The van der Waals surface area contributed by atoms with Crippen LogP contribution in [0.2, 0.25) is 0 Å². The lowest BCUT2D eigenvalue weighted by Gasteiger charge is -2.30. The molecule has 1 aromatic carbocycles. The van der Waals surface area contributed by atoms with Gasteiger partial charge in [0.25, 0.3) is 0 Å². The van der Waals surface area contributed by atoms with E-state index in [1.165, 1.54) is 17.3 Å². The number of thioether (sulfide) groups is 1. The number of aromatic nitrogens is 3. The van der Waals surface area contributed by atoms with Crippen LogP contribution in [0.25, 0.3) is 11.4 Å².